The molecule has 2 fully saturated rings. The normalized spacial score (nSPS) is 25.8. The van der Waals surface area contributed by atoms with Crippen LogP contribution in [0.25, 0.3) is 20.5 Å². The zero-order valence-corrected chi connectivity index (χ0v) is 18.3. The molecule has 164 valence electrons. The van der Waals surface area contributed by atoms with Crippen LogP contribution in [-0.4, -0.2) is 56.7 Å². The second-order valence-corrected chi connectivity index (χ2v) is 9.82. The predicted molar refractivity (Wildman–Crippen MR) is 123 cm³/mol. The molecule has 0 spiro atoms. The van der Waals surface area contributed by atoms with E-state index in [1.807, 2.05) is 19.1 Å². The summed E-state index contributed by atoms with van der Waals surface area (Å²) in [6.07, 6.45) is 1.03. The van der Waals surface area contributed by atoms with E-state index in [0.717, 1.165) is 22.7 Å². The third-order valence-electron chi connectivity index (χ3n) is 6.37. The molecule has 2 aliphatic rings. The van der Waals surface area contributed by atoms with Gasteiger partial charge in [-0.25, -0.2) is 4.98 Å². The third kappa shape index (κ3) is 4.13. The number of aliphatic hydroxyl groups excluding tert-OH is 3. The Hall–Kier alpha value is -2.26. The number of hydrogen-bond acceptors (Lipinski definition) is 8. The van der Waals surface area contributed by atoms with Crippen molar-refractivity contribution in [3.8, 4) is 10.4 Å². The van der Waals surface area contributed by atoms with Gasteiger partial charge in [0.2, 0.25) is 5.95 Å². The molecule has 5 rings (SSSR count). The fourth-order valence-electron chi connectivity index (χ4n) is 4.34. The molecular weight excluding hydrogens is 412 g/mol. The Morgan fingerprint density at radius 3 is 2.65 bits per heavy atom. The zero-order valence-electron chi connectivity index (χ0n) is 17.5. The van der Waals surface area contributed by atoms with Gasteiger partial charge in [0.15, 0.2) is 0 Å². The van der Waals surface area contributed by atoms with Crippen molar-refractivity contribution in [3.63, 3.8) is 0 Å². The van der Waals surface area contributed by atoms with Crippen molar-refractivity contribution in [1.29, 1.82) is 0 Å². The molecule has 7 nitrogen and oxygen atoms in total. The monoisotopic (exact) mass is 440 g/mol. The molecular formula is C23H28N4O3S. The molecule has 4 atom stereocenters. The van der Waals surface area contributed by atoms with Crippen molar-refractivity contribution in [2.75, 3.05) is 23.8 Å². The first-order chi connectivity index (χ1) is 15.0. The number of aliphatic hydroxyl groups is 3. The molecule has 0 bridgehead atoms. The fraction of sp³-hybridized carbons (Fsp3) is 0.478. The van der Waals surface area contributed by atoms with Crippen LogP contribution < -0.4 is 10.6 Å². The van der Waals surface area contributed by atoms with Crippen molar-refractivity contribution in [3.05, 3.63) is 36.0 Å². The van der Waals surface area contributed by atoms with Gasteiger partial charge in [0.25, 0.3) is 0 Å². The van der Waals surface area contributed by atoms with Crippen LogP contribution in [0.15, 0.2) is 30.3 Å². The second-order valence-electron chi connectivity index (χ2n) is 8.74. The predicted octanol–water partition coefficient (Wildman–Crippen LogP) is 3.00. The minimum Gasteiger partial charge on any atom is -0.396 e. The Morgan fingerprint density at radius 1 is 1.13 bits per heavy atom. The Balaban J connectivity index is 1.52. The summed E-state index contributed by atoms with van der Waals surface area (Å²) in [5, 5.41) is 38.2. The molecule has 2 aromatic heterocycles. The number of aryl methyl sites for hydroxylation is 1. The van der Waals surface area contributed by atoms with E-state index in [1.54, 1.807) is 11.3 Å². The number of benzene rings is 1. The van der Waals surface area contributed by atoms with Crippen LogP contribution in [0.5, 0.6) is 0 Å². The van der Waals surface area contributed by atoms with E-state index in [4.69, 9.17) is 9.97 Å². The number of aromatic nitrogens is 2. The molecule has 1 aromatic carbocycles. The number of fused-ring (bicyclic) bond motifs is 1. The minimum atomic E-state index is -0.967. The fourth-order valence-corrected chi connectivity index (χ4v) is 5.50. The van der Waals surface area contributed by atoms with Crippen molar-refractivity contribution < 1.29 is 15.3 Å². The van der Waals surface area contributed by atoms with E-state index in [-0.39, 0.29) is 12.5 Å². The Kier molecular flexibility index (Phi) is 5.56. The van der Waals surface area contributed by atoms with Gasteiger partial charge >= 0.3 is 0 Å². The first-order valence-electron chi connectivity index (χ1n) is 10.9. The quantitative estimate of drug-likeness (QED) is 0.384. The van der Waals surface area contributed by atoms with Gasteiger partial charge in [-0.15, -0.1) is 11.3 Å². The molecule has 3 aromatic rings. The standard InChI is InChI=1S/C23H28N4O3S/c1-12-19(18-9-14-4-2-3-5-17(14)31-18)22(27-23(25-12)24-10-13-6-7-13)26-16-8-15(11-28)20(29)21(16)30/h2-5,9,13,15-16,20-21,28-30H,6-8,10-11H2,1H3,(H2,24,25,26,27)/t15-,16-,20-,21+/m1/s1. The molecule has 5 N–H and O–H groups in total. The summed E-state index contributed by atoms with van der Waals surface area (Å²) in [4.78, 5) is 10.5. The zero-order chi connectivity index (χ0) is 21.5. The maximum Gasteiger partial charge on any atom is 0.224 e. The number of anilines is 2. The lowest BCUT2D eigenvalue weighted by atomic mass is 10.1. The van der Waals surface area contributed by atoms with Gasteiger partial charge in [-0.1, -0.05) is 18.2 Å². The van der Waals surface area contributed by atoms with Gasteiger partial charge < -0.3 is 26.0 Å². The molecule has 8 heteroatoms. The van der Waals surface area contributed by atoms with Gasteiger partial charge in [0.05, 0.1) is 23.4 Å². The smallest absolute Gasteiger partial charge is 0.224 e. The highest BCUT2D eigenvalue weighted by Crippen LogP contribution is 2.40. The molecule has 2 heterocycles. The average Bonchev–Trinajstić information content (AvgIpc) is 3.44. The van der Waals surface area contributed by atoms with Gasteiger partial charge in [-0.2, -0.15) is 4.98 Å². The van der Waals surface area contributed by atoms with Crippen LogP contribution in [0, 0.1) is 18.8 Å². The molecule has 31 heavy (non-hydrogen) atoms. The molecule has 0 radical (unpaired) electrons. The van der Waals surface area contributed by atoms with E-state index in [2.05, 4.69) is 28.8 Å². The summed E-state index contributed by atoms with van der Waals surface area (Å²) in [7, 11) is 0. The lowest BCUT2D eigenvalue weighted by molar-refractivity contribution is 0.00446. The first kappa shape index (κ1) is 20.6. The van der Waals surface area contributed by atoms with Crippen LogP contribution in [0.1, 0.15) is 25.0 Å². The average molecular weight is 441 g/mol. The topological polar surface area (TPSA) is 111 Å². The highest BCUT2D eigenvalue weighted by Gasteiger charge is 2.41. The van der Waals surface area contributed by atoms with Crippen LogP contribution in [0.3, 0.4) is 0 Å². The van der Waals surface area contributed by atoms with Gasteiger partial charge in [-0.05, 0) is 49.6 Å². The van der Waals surface area contributed by atoms with E-state index in [9.17, 15) is 15.3 Å². The maximum atomic E-state index is 10.5. The Morgan fingerprint density at radius 2 is 1.94 bits per heavy atom. The van der Waals surface area contributed by atoms with Crippen LogP contribution >= 0.6 is 11.3 Å². The van der Waals surface area contributed by atoms with Crippen molar-refractivity contribution >= 4 is 33.2 Å². The molecule has 0 aliphatic heterocycles. The summed E-state index contributed by atoms with van der Waals surface area (Å²) < 4.78 is 1.19. The van der Waals surface area contributed by atoms with E-state index < -0.39 is 18.2 Å². The SMILES string of the molecule is Cc1nc(NCC2CC2)nc(N[C@@H]2C[C@H](CO)[C@@H](O)[C@H]2O)c1-c1cc2ccccc2s1. The summed E-state index contributed by atoms with van der Waals surface area (Å²) in [5.74, 6) is 1.56. The number of nitrogens with one attached hydrogen (secondary N) is 2. The summed E-state index contributed by atoms with van der Waals surface area (Å²) in [6.45, 7) is 2.68. The van der Waals surface area contributed by atoms with E-state index in [0.29, 0.717) is 24.1 Å². The summed E-state index contributed by atoms with van der Waals surface area (Å²) in [5.41, 5.74) is 1.77. The molecule has 2 aliphatic carbocycles. The van der Waals surface area contributed by atoms with Gasteiger partial charge in [0, 0.05) is 28.6 Å². The lowest BCUT2D eigenvalue weighted by Crippen LogP contribution is -2.35. The van der Waals surface area contributed by atoms with Crippen molar-refractivity contribution in [1.82, 2.24) is 9.97 Å². The van der Waals surface area contributed by atoms with Gasteiger partial charge in [-0.3, -0.25) is 0 Å². The van der Waals surface area contributed by atoms with Crippen LogP contribution in [0.2, 0.25) is 0 Å². The van der Waals surface area contributed by atoms with Gasteiger partial charge in [0.1, 0.15) is 11.9 Å². The number of thiophene rings is 1. The first-order valence-corrected chi connectivity index (χ1v) is 11.7. The lowest BCUT2D eigenvalue weighted by Gasteiger charge is -2.21. The summed E-state index contributed by atoms with van der Waals surface area (Å²) >= 11 is 1.68. The number of nitrogens with zero attached hydrogens (tertiary/aromatic N) is 2. The van der Waals surface area contributed by atoms with Crippen molar-refractivity contribution in [2.45, 2.75) is 44.4 Å². The number of rotatable bonds is 7. The van der Waals surface area contributed by atoms with Crippen molar-refractivity contribution in [2.24, 2.45) is 11.8 Å². The third-order valence-corrected chi connectivity index (χ3v) is 7.50. The molecule has 0 saturated heterocycles. The highest BCUT2D eigenvalue weighted by molar-refractivity contribution is 7.22. The Bertz CT molecular complexity index is 1050. The van der Waals surface area contributed by atoms with E-state index >= 15 is 0 Å². The van der Waals surface area contributed by atoms with Crippen LogP contribution in [0.4, 0.5) is 11.8 Å². The molecule has 2 saturated carbocycles. The second kappa shape index (κ2) is 8.35. The largest absolute Gasteiger partial charge is 0.396 e. The summed E-state index contributed by atoms with van der Waals surface area (Å²) in [6, 6.07) is 9.99. The molecule has 0 unspecified atom stereocenters. The Labute approximate surface area is 185 Å². The molecule has 0 amide bonds. The highest BCUT2D eigenvalue weighted by atomic mass is 32.1. The van der Waals surface area contributed by atoms with E-state index in [1.165, 1.54) is 22.9 Å². The number of hydrogen-bond donors (Lipinski definition) is 5. The van der Waals surface area contributed by atoms with Crippen LogP contribution in [-0.2, 0) is 0 Å². The minimum absolute atomic E-state index is 0.156. The maximum absolute atomic E-state index is 10.5.